The fourth-order valence-electron chi connectivity index (χ4n) is 2.82. The summed E-state index contributed by atoms with van der Waals surface area (Å²) in [6.07, 6.45) is 1.52. The number of para-hydroxylation sites is 1. The molecule has 144 valence electrons. The van der Waals surface area contributed by atoms with Gasteiger partial charge in [-0.3, -0.25) is 15.1 Å². The highest BCUT2D eigenvalue weighted by molar-refractivity contribution is 6.14. The van der Waals surface area contributed by atoms with Crippen LogP contribution in [0.15, 0.2) is 53.7 Å². The summed E-state index contributed by atoms with van der Waals surface area (Å²) < 4.78 is 16.2. The van der Waals surface area contributed by atoms with Crippen molar-refractivity contribution in [1.29, 1.82) is 0 Å². The van der Waals surface area contributed by atoms with Gasteiger partial charge in [-0.1, -0.05) is 18.2 Å². The van der Waals surface area contributed by atoms with Crippen molar-refractivity contribution in [2.45, 2.75) is 0 Å². The minimum atomic E-state index is -0.449. The lowest BCUT2D eigenvalue weighted by Gasteiger charge is -2.16. The first kappa shape index (κ1) is 19.0. The van der Waals surface area contributed by atoms with Gasteiger partial charge in [0.2, 0.25) is 11.7 Å². The number of aliphatic imine (C=N–C) groups is 1. The van der Waals surface area contributed by atoms with Gasteiger partial charge in [-0.2, -0.15) is 0 Å². The van der Waals surface area contributed by atoms with Gasteiger partial charge in [0.05, 0.1) is 43.5 Å². The van der Waals surface area contributed by atoms with E-state index in [2.05, 4.69) is 15.3 Å². The van der Waals surface area contributed by atoms with Gasteiger partial charge >= 0.3 is 0 Å². The summed E-state index contributed by atoms with van der Waals surface area (Å²) in [6, 6.07) is 12.3. The molecule has 0 saturated heterocycles. The van der Waals surface area contributed by atoms with E-state index in [1.54, 1.807) is 24.3 Å². The second-order valence-corrected chi connectivity index (χ2v) is 5.68. The Labute approximate surface area is 162 Å². The second kappa shape index (κ2) is 8.26. The Balaban J connectivity index is 2.05. The van der Waals surface area contributed by atoms with E-state index < -0.39 is 5.91 Å². The number of nitrogens with one attached hydrogen (secondary N) is 1. The third kappa shape index (κ3) is 3.66. The van der Waals surface area contributed by atoms with E-state index in [0.29, 0.717) is 39.4 Å². The van der Waals surface area contributed by atoms with E-state index in [1.165, 1.54) is 27.5 Å². The quantitative estimate of drug-likeness (QED) is 0.520. The molecule has 0 aliphatic carbocycles. The Bertz CT molecular complexity index is 1040. The Morgan fingerprint density at radius 2 is 1.75 bits per heavy atom. The van der Waals surface area contributed by atoms with Gasteiger partial charge in [0.25, 0.3) is 5.91 Å². The van der Waals surface area contributed by atoms with Crippen LogP contribution in [0.2, 0.25) is 0 Å². The molecule has 8 nitrogen and oxygen atoms in total. The molecule has 3 aromatic rings. The van der Waals surface area contributed by atoms with Crippen molar-refractivity contribution in [3.63, 3.8) is 0 Å². The van der Waals surface area contributed by atoms with Crippen molar-refractivity contribution in [2.75, 3.05) is 21.3 Å². The number of pyridine rings is 1. The van der Waals surface area contributed by atoms with E-state index >= 15 is 0 Å². The van der Waals surface area contributed by atoms with Crippen molar-refractivity contribution in [1.82, 2.24) is 10.3 Å². The lowest BCUT2D eigenvalue weighted by atomic mass is 10.1. The summed E-state index contributed by atoms with van der Waals surface area (Å²) in [5.41, 5.74) is 7.34. The lowest BCUT2D eigenvalue weighted by molar-refractivity contribution is 0.0978. The lowest BCUT2D eigenvalue weighted by Crippen LogP contribution is -2.36. The highest BCUT2D eigenvalue weighted by Crippen LogP contribution is 2.43. The molecule has 0 radical (unpaired) electrons. The Hall–Kier alpha value is -3.81. The number of amides is 1. The molecule has 0 bridgehead atoms. The topological polar surface area (TPSA) is 108 Å². The average Bonchev–Trinajstić information content (AvgIpc) is 2.72. The van der Waals surface area contributed by atoms with Crippen LogP contribution in [0.3, 0.4) is 0 Å². The standard InChI is InChI=1S/C20H20N4O4/c1-26-15-11-14-16(18(28-3)17(15)27-2)13(9-10-22-14)19(25)24-20(21)23-12-7-5-4-6-8-12/h4-11H,1-3H3,(H3,21,23,24,25). The van der Waals surface area contributed by atoms with Crippen LogP contribution in [0.25, 0.3) is 10.9 Å². The van der Waals surface area contributed by atoms with Crippen molar-refractivity contribution in [2.24, 2.45) is 10.7 Å². The van der Waals surface area contributed by atoms with E-state index in [4.69, 9.17) is 19.9 Å². The van der Waals surface area contributed by atoms with Crippen LogP contribution >= 0.6 is 0 Å². The number of ether oxygens (including phenoxy) is 3. The number of benzene rings is 2. The van der Waals surface area contributed by atoms with Crippen molar-refractivity contribution in [3.8, 4) is 17.2 Å². The molecular formula is C20H20N4O4. The van der Waals surface area contributed by atoms with Crippen molar-refractivity contribution >= 4 is 28.5 Å². The molecule has 0 aliphatic heterocycles. The number of aromatic nitrogens is 1. The minimum Gasteiger partial charge on any atom is -0.493 e. The van der Waals surface area contributed by atoms with Crippen LogP contribution in [0, 0.1) is 0 Å². The number of fused-ring (bicyclic) bond motifs is 1. The Morgan fingerprint density at radius 1 is 1.04 bits per heavy atom. The first-order chi connectivity index (χ1) is 13.6. The number of methoxy groups -OCH3 is 3. The summed E-state index contributed by atoms with van der Waals surface area (Å²) in [5.74, 6) is 0.678. The summed E-state index contributed by atoms with van der Waals surface area (Å²) in [4.78, 5) is 21.3. The van der Waals surface area contributed by atoms with Crippen LogP contribution in [-0.2, 0) is 0 Å². The van der Waals surface area contributed by atoms with Gasteiger partial charge in [0, 0.05) is 12.3 Å². The van der Waals surface area contributed by atoms with Crippen LogP contribution in [-0.4, -0.2) is 38.2 Å². The molecule has 3 N–H and O–H groups in total. The molecule has 8 heteroatoms. The monoisotopic (exact) mass is 380 g/mol. The number of guanidine groups is 1. The van der Waals surface area contributed by atoms with Gasteiger partial charge in [0.1, 0.15) is 0 Å². The maximum absolute atomic E-state index is 12.9. The molecule has 28 heavy (non-hydrogen) atoms. The summed E-state index contributed by atoms with van der Waals surface area (Å²) in [7, 11) is 4.49. The third-order valence-electron chi connectivity index (χ3n) is 4.03. The largest absolute Gasteiger partial charge is 0.493 e. The number of hydrogen-bond donors (Lipinski definition) is 2. The number of carbonyl (C=O) groups is 1. The fourth-order valence-corrected chi connectivity index (χ4v) is 2.82. The second-order valence-electron chi connectivity index (χ2n) is 5.68. The molecule has 1 aromatic heterocycles. The Kier molecular flexibility index (Phi) is 5.59. The number of nitrogens with zero attached hydrogens (tertiary/aromatic N) is 2. The maximum Gasteiger partial charge on any atom is 0.258 e. The summed E-state index contributed by atoms with van der Waals surface area (Å²) in [5, 5.41) is 3.07. The predicted molar refractivity (Wildman–Crippen MR) is 107 cm³/mol. The van der Waals surface area contributed by atoms with Crippen LogP contribution in [0.5, 0.6) is 17.2 Å². The number of hydrogen-bond acceptors (Lipinski definition) is 6. The SMILES string of the molecule is COc1cc2nccc(C(=O)NC(N)=Nc3ccccc3)c2c(OC)c1OC. The fraction of sp³-hybridized carbons (Fsp3) is 0.150. The molecule has 0 fully saturated rings. The van der Waals surface area contributed by atoms with Gasteiger partial charge in [-0.25, -0.2) is 4.99 Å². The van der Waals surface area contributed by atoms with Crippen LogP contribution < -0.4 is 25.3 Å². The molecule has 0 atom stereocenters. The minimum absolute atomic E-state index is 0.0272. The van der Waals surface area contributed by atoms with Gasteiger partial charge < -0.3 is 19.9 Å². The van der Waals surface area contributed by atoms with Crippen LogP contribution in [0.4, 0.5) is 5.69 Å². The van der Waals surface area contributed by atoms with Crippen molar-refractivity contribution < 1.29 is 19.0 Å². The highest BCUT2D eigenvalue weighted by atomic mass is 16.5. The summed E-state index contributed by atoms with van der Waals surface area (Å²) >= 11 is 0. The smallest absolute Gasteiger partial charge is 0.258 e. The molecule has 1 amide bonds. The third-order valence-corrected chi connectivity index (χ3v) is 4.03. The normalized spacial score (nSPS) is 11.2. The van der Waals surface area contributed by atoms with Gasteiger partial charge in [-0.05, 0) is 18.2 Å². The van der Waals surface area contributed by atoms with E-state index in [0.717, 1.165) is 0 Å². The molecule has 2 aromatic carbocycles. The predicted octanol–water partition coefficient (Wildman–Crippen LogP) is 2.64. The Morgan fingerprint density at radius 3 is 2.39 bits per heavy atom. The first-order valence-electron chi connectivity index (χ1n) is 8.37. The molecule has 1 heterocycles. The molecule has 0 aliphatic rings. The van der Waals surface area contributed by atoms with Gasteiger partial charge in [0.15, 0.2) is 11.5 Å². The first-order valence-corrected chi connectivity index (χ1v) is 8.37. The van der Waals surface area contributed by atoms with E-state index in [-0.39, 0.29) is 5.96 Å². The van der Waals surface area contributed by atoms with Gasteiger partial charge in [-0.15, -0.1) is 0 Å². The number of carbonyl (C=O) groups excluding carboxylic acids is 1. The molecule has 0 saturated carbocycles. The molecule has 0 spiro atoms. The number of nitrogens with two attached hydrogens (primary N) is 1. The van der Waals surface area contributed by atoms with E-state index in [1.807, 2.05) is 18.2 Å². The molecular weight excluding hydrogens is 360 g/mol. The zero-order valence-corrected chi connectivity index (χ0v) is 15.7. The zero-order valence-electron chi connectivity index (χ0n) is 15.7. The molecule has 0 unspecified atom stereocenters. The number of rotatable bonds is 5. The maximum atomic E-state index is 12.9. The summed E-state index contributed by atoms with van der Waals surface area (Å²) in [6.45, 7) is 0. The zero-order chi connectivity index (χ0) is 20.1. The van der Waals surface area contributed by atoms with Crippen LogP contribution in [0.1, 0.15) is 10.4 Å². The molecule has 3 rings (SSSR count). The van der Waals surface area contributed by atoms with E-state index in [9.17, 15) is 4.79 Å². The average molecular weight is 380 g/mol. The van der Waals surface area contributed by atoms with Crippen molar-refractivity contribution in [3.05, 3.63) is 54.2 Å². The highest BCUT2D eigenvalue weighted by Gasteiger charge is 2.22.